The van der Waals surface area contributed by atoms with Gasteiger partial charge >= 0.3 is 0 Å². The molecule has 0 heterocycles. The van der Waals surface area contributed by atoms with Gasteiger partial charge in [0.05, 0.1) is 11.4 Å². The van der Waals surface area contributed by atoms with Crippen LogP contribution < -0.4 is 11.1 Å². The first-order chi connectivity index (χ1) is 9.54. The first-order valence-corrected chi connectivity index (χ1v) is 7.27. The highest BCUT2D eigenvalue weighted by Gasteiger charge is 2.01. The lowest BCUT2D eigenvalue weighted by molar-refractivity contribution is -0.117. The molecule has 3 N–H and O–H groups in total. The molecule has 0 atom stereocenters. The van der Waals surface area contributed by atoms with Crippen LogP contribution in [0.5, 0.6) is 0 Å². The monoisotopic (exact) mass is 352 g/mol. The van der Waals surface area contributed by atoms with E-state index >= 15 is 0 Å². The quantitative estimate of drug-likeness (QED) is 0.860. The minimum Gasteiger partial charge on any atom is -0.381 e. The van der Waals surface area contributed by atoms with Crippen LogP contribution in [-0.2, 0) is 17.8 Å². The summed E-state index contributed by atoms with van der Waals surface area (Å²) in [5, 5.41) is 3.99. The van der Waals surface area contributed by atoms with Crippen LogP contribution in [0, 0.1) is 0 Å². The highest BCUT2D eigenvalue weighted by molar-refractivity contribution is 9.10. The van der Waals surface area contributed by atoms with Gasteiger partial charge in [0, 0.05) is 16.7 Å². The summed E-state index contributed by atoms with van der Waals surface area (Å²) in [4.78, 5) is 10.8. The normalized spacial score (nSPS) is 10.3. The van der Waals surface area contributed by atoms with Crippen LogP contribution in [0.25, 0.3) is 0 Å². The second-order valence-corrected chi connectivity index (χ2v) is 5.70. The lowest BCUT2D eigenvalue weighted by Crippen LogP contribution is -2.13. The number of nitrogens with one attached hydrogen (secondary N) is 1. The molecule has 0 unspecified atom stereocenters. The third-order valence-corrected chi connectivity index (χ3v) is 4.05. The van der Waals surface area contributed by atoms with Crippen LogP contribution in [0.15, 0.2) is 46.9 Å². The number of amides is 1. The minimum atomic E-state index is -0.324. The number of halogens is 2. The van der Waals surface area contributed by atoms with Gasteiger partial charge in [-0.05, 0) is 51.3 Å². The van der Waals surface area contributed by atoms with Crippen LogP contribution in [0.4, 0.5) is 5.69 Å². The number of carbonyl (C=O) groups excluding carboxylic acids is 1. The molecule has 20 heavy (non-hydrogen) atoms. The average molecular weight is 354 g/mol. The van der Waals surface area contributed by atoms with Crippen LogP contribution in [0.2, 0.25) is 5.02 Å². The van der Waals surface area contributed by atoms with Crippen LogP contribution in [0.1, 0.15) is 11.1 Å². The molecule has 0 aliphatic heterocycles. The number of anilines is 1. The Morgan fingerprint density at radius 2 is 1.80 bits per heavy atom. The highest BCUT2D eigenvalue weighted by atomic mass is 79.9. The van der Waals surface area contributed by atoms with E-state index in [1.54, 1.807) is 0 Å². The molecule has 3 nitrogen and oxygen atoms in total. The van der Waals surface area contributed by atoms with Gasteiger partial charge in [0.2, 0.25) is 5.91 Å². The zero-order chi connectivity index (χ0) is 14.5. The van der Waals surface area contributed by atoms with Crippen molar-refractivity contribution < 1.29 is 4.79 Å². The molecule has 0 spiro atoms. The first kappa shape index (κ1) is 14.9. The Labute approximate surface area is 131 Å². The SMILES string of the molecule is NC(=O)Cc1ccc(NCc2ccc(Br)c(Cl)c2)cc1. The number of hydrogen-bond donors (Lipinski definition) is 2. The Morgan fingerprint density at radius 3 is 2.40 bits per heavy atom. The van der Waals surface area contributed by atoms with E-state index in [1.165, 1.54) is 0 Å². The Hall–Kier alpha value is -1.52. The average Bonchev–Trinajstić information content (AvgIpc) is 2.41. The summed E-state index contributed by atoms with van der Waals surface area (Å²) in [6.07, 6.45) is 0.266. The fourth-order valence-electron chi connectivity index (χ4n) is 1.80. The number of rotatable bonds is 5. The van der Waals surface area contributed by atoms with Gasteiger partial charge in [0.15, 0.2) is 0 Å². The van der Waals surface area contributed by atoms with Crippen molar-refractivity contribution in [2.45, 2.75) is 13.0 Å². The lowest BCUT2D eigenvalue weighted by Gasteiger charge is -2.08. The summed E-state index contributed by atoms with van der Waals surface area (Å²) in [6, 6.07) is 13.5. The fourth-order valence-corrected chi connectivity index (χ4v) is 2.25. The van der Waals surface area contributed by atoms with Crippen molar-refractivity contribution in [3.8, 4) is 0 Å². The predicted molar refractivity (Wildman–Crippen MR) is 85.8 cm³/mol. The molecule has 5 heteroatoms. The molecule has 0 aromatic heterocycles. The zero-order valence-corrected chi connectivity index (χ0v) is 13.0. The molecular weight excluding hydrogens is 340 g/mol. The van der Waals surface area contributed by atoms with E-state index in [1.807, 2.05) is 42.5 Å². The molecule has 0 bridgehead atoms. The molecule has 0 aliphatic rings. The van der Waals surface area contributed by atoms with E-state index in [9.17, 15) is 4.79 Å². The Bertz CT molecular complexity index is 614. The molecule has 2 aromatic carbocycles. The van der Waals surface area contributed by atoms with Gasteiger partial charge in [-0.25, -0.2) is 0 Å². The van der Waals surface area contributed by atoms with Crippen molar-refractivity contribution >= 4 is 39.1 Å². The van der Waals surface area contributed by atoms with Crippen LogP contribution >= 0.6 is 27.5 Å². The van der Waals surface area contributed by atoms with Crippen molar-refractivity contribution in [2.75, 3.05) is 5.32 Å². The van der Waals surface area contributed by atoms with Gasteiger partial charge < -0.3 is 11.1 Å². The van der Waals surface area contributed by atoms with Gasteiger partial charge in [-0.1, -0.05) is 29.8 Å². The molecule has 104 valence electrons. The highest BCUT2D eigenvalue weighted by Crippen LogP contribution is 2.23. The largest absolute Gasteiger partial charge is 0.381 e. The smallest absolute Gasteiger partial charge is 0.221 e. The Balaban J connectivity index is 1.96. The van der Waals surface area contributed by atoms with Crippen LogP contribution in [-0.4, -0.2) is 5.91 Å². The summed E-state index contributed by atoms with van der Waals surface area (Å²) >= 11 is 9.41. The standard InChI is InChI=1S/C15H14BrClN2O/c16-13-6-3-11(7-14(13)17)9-19-12-4-1-10(2-5-12)8-15(18)20/h1-7,19H,8-9H2,(H2,18,20). The van der Waals surface area contributed by atoms with E-state index in [4.69, 9.17) is 17.3 Å². The second-order valence-electron chi connectivity index (χ2n) is 4.44. The van der Waals surface area contributed by atoms with Gasteiger partial charge in [0.1, 0.15) is 0 Å². The Morgan fingerprint density at radius 1 is 1.15 bits per heavy atom. The molecule has 1 amide bonds. The van der Waals surface area contributed by atoms with E-state index < -0.39 is 0 Å². The van der Waals surface area contributed by atoms with Crippen LogP contribution in [0.3, 0.4) is 0 Å². The van der Waals surface area contributed by atoms with Crippen molar-refractivity contribution in [3.63, 3.8) is 0 Å². The summed E-state index contributed by atoms with van der Waals surface area (Å²) in [6.45, 7) is 0.683. The fraction of sp³-hybridized carbons (Fsp3) is 0.133. The summed E-state index contributed by atoms with van der Waals surface area (Å²) in [5.74, 6) is -0.324. The summed E-state index contributed by atoms with van der Waals surface area (Å²) in [7, 11) is 0. The maximum absolute atomic E-state index is 10.8. The van der Waals surface area contributed by atoms with E-state index in [-0.39, 0.29) is 12.3 Å². The molecule has 2 rings (SSSR count). The van der Waals surface area contributed by atoms with Gasteiger partial charge in [-0.3, -0.25) is 4.79 Å². The molecular formula is C15H14BrClN2O. The van der Waals surface area contributed by atoms with E-state index in [0.717, 1.165) is 21.3 Å². The topological polar surface area (TPSA) is 55.1 Å². The van der Waals surface area contributed by atoms with Gasteiger partial charge in [-0.2, -0.15) is 0 Å². The number of carbonyl (C=O) groups is 1. The van der Waals surface area contributed by atoms with Gasteiger partial charge in [-0.15, -0.1) is 0 Å². The minimum absolute atomic E-state index is 0.266. The third kappa shape index (κ3) is 4.25. The van der Waals surface area contributed by atoms with Crippen molar-refractivity contribution in [1.29, 1.82) is 0 Å². The predicted octanol–water partition coefficient (Wildman–Crippen LogP) is 3.74. The summed E-state index contributed by atoms with van der Waals surface area (Å²) < 4.78 is 0.888. The summed E-state index contributed by atoms with van der Waals surface area (Å²) in [5.41, 5.74) is 8.14. The number of nitrogens with two attached hydrogens (primary N) is 1. The Kier molecular flexibility index (Phi) is 5.04. The lowest BCUT2D eigenvalue weighted by atomic mass is 10.1. The first-order valence-electron chi connectivity index (χ1n) is 6.09. The maximum Gasteiger partial charge on any atom is 0.221 e. The van der Waals surface area contributed by atoms with E-state index in [0.29, 0.717) is 11.6 Å². The van der Waals surface area contributed by atoms with Crippen molar-refractivity contribution in [1.82, 2.24) is 0 Å². The zero-order valence-electron chi connectivity index (χ0n) is 10.7. The van der Waals surface area contributed by atoms with E-state index in [2.05, 4.69) is 21.2 Å². The molecule has 0 saturated heterocycles. The molecule has 0 aliphatic carbocycles. The molecule has 0 radical (unpaired) electrons. The third-order valence-electron chi connectivity index (χ3n) is 2.81. The van der Waals surface area contributed by atoms with Crippen molar-refractivity contribution in [2.24, 2.45) is 5.73 Å². The van der Waals surface area contributed by atoms with Crippen molar-refractivity contribution in [3.05, 3.63) is 63.1 Å². The number of primary amides is 1. The number of hydrogen-bond acceptors (Lipinski definition) is 2. The second kappa shape index (κ2) is 6.77. The number of benzene rings is 2. The molecule has 0 fully saturated rings. The molecule has 0 saturated carbocycles. The van der Waals surface area contributed by atoms with Gasteiger partial charge in [0.25, 0.3) is 0 Å². The maximum atomic E-state index is 10.8. The molecule has 2 aromatic rings.